The quantitative estimate of drug-likeness (QED) is 0.705. The summed E-state index contributed by atoms with van der Waals surface area (Å²) in [4.78, 5) is 0. The summed E-state index contributed by atoms with van der Waals surface area (Å²) in [6, 6.07) is 6.27. The number of hydrogen-bond acceptors (Lipinski definition) is 4. The Hall–Kier alpha value is -2.56. The molecule has 1 aromatic heterocycles. The van der Waals surface area contributed by atoms with Gasteiger partial charge in [0.25, 0.3) is 0 Å². The minimum absolute atomic E-state index is 0.437. The highest BCUT2D eigenvalue weighted by Gasteiger charge is 2.19. The van der Waals surface area contributed by atoms with Gasteiger partial charge in [-0.3, -0.25) is 4.57 Å². The van der Waals surface area contributed by atoms with Crippen molar-refractivity contribution in [2.45, 2.75) is 0 Å². The predicted octanol–water partition coefficient (Wildman–Crippen LogP) is 2.30. The molecule has 1 aliphatic rings. The first kappa shape index (κ1) is 11.5. The third kappa shape index (κ3) is 1.71. The fraction of sp³-hybridized carbons (Fsp3) is 0.143. The molecule has 96 valence electrons. The van der Waals surface area contributed by atoms with Gasteiger partial charge in [0, 0.05) is 11.8 Å². The molecule has 0 N–H and O–H groups in total. The predicted molar refractivity (Wildman–Crippen MR) is 72.9 cm³/mol. The second-order valence-corrected chi connectivity index (χ2v) is 4.13. The van der Waals surface area contributed by atoms with Crippen molar-refractivity contribution in [1.82, 2.24) is 14.8 Å². The lowest BCUT2D eigenvalue weighted by Gasteiger charge is -2.08. The SMILES string of the molecule is C=C1c2ccc(OC)cc2C=Cn2c(OC)nnc21. The van der Waals surface area contributed by atoms with Crippen LogP contribution >= 0.6 is 0 Å². The standard InChI is InChI=1S/C14H13N3O2/c1-9-12-5-4-11(18-2)8-10(12)6-7-17-13(9)15-16-14(17)19-3/h4-8H,1H2,2-3H3. The van der Waals surface area contributed by atoms with E-state index in [0.717, 1.165) is 22.4 Å². The minimum Gasteiger partial charge on any atom is -0.497 e. The van der Waals surface area contributed by atoms with Crippen molar-refractivity contribution in [3.05, 3.63) is 41.7 Å². The Morgan fingerprint density at radius 1 is 1.16 bits per heavy atom. The first-order chi connectivity index (χ1) is 9.24. The minimum atomic E-state index is 0.437. The molecule has 3 rings (SSSR count). The maximum absolute atomic E-state index is 5.24. The second kappa shape index (κ2) is 4.28. The summed E-state index contributed by atoms with van der Waals surface area (Å²) >= 11 is 0. The summed E-state index contributed by atoms with van der Waals surface area (Å²) in [6.45, 7) is 4.10. The van der Waals surface area contributed by atoms with E-state index in [1.54, 1.807) is 18.8 Å². The van der Waals surface area contributed by atoms with Gasteiger partial charge in [0.15, 0.2) is 5.82 Å². The maximum atomic E-state index is 5.24. The second-order valence-electron chi connectivity index (χ2n) is 4.13. The molecule has 0 saturated carbocycles. The van der Waals surface area contributed by atoms with Crippen molar-refractivity contribution in [3.8, 4) is 11.8 Å². The number of rotatable bonds is 2. The number of aromatic nitrogens is 3. The Kier molecular flexibility index (Phi) is 2.59. The molecule has 2 aromatic rings. The molecular weight excluding hydrogens is 242 g/mol. The van der Waals surface area contributed by atoms with Gasteiger partial charge in [-0.25, -0.2) is 0 Å². The first-order valence-corrected chi connectivity index (χ1v) is 5.79. The van der Waals surface area contributed by atoms with Crippen LogP contribution in [0.25, 0.3) is 17.8 Å². The Bertz CT molecular complexity index is 686. The average Bonchev–Trinajstić information content (AvgIpc) is 2.81. The van der Waals surface area contributed by atoms with Gasteiger partial charge in [0.05, 0.1) is 14.2 Å². The molecule has 5 nitrogen and oxygen atoms in total. The van der Waals surface area contributed by atoms with Crippen molar-refractivity contribution >= 4 is 17.8 Å². The Balaban J connectivity index is 2.19. The monoisotopic (exact) mass is 255 g/mol. The molecule has 0 radical (unpaired) electrons. The fourth-order valence-electron chi connectivity index (χ4n) is 2.11. The normalized spacial score (nSPS) is 12.6. The number of benzene rings is 1. The van der Waals surface area contributed by atoms with Crippen LogP contribution in [0.1, 0.15) is 17.0 Å². The van der Waals surface area contributed by atoms with E-state index in [9.17, 15) is 0 Å². The van der Waals surface area contributed by atoms with Crippen molar-refractivity contribution in [3.63, 3.8) is 0 Å². The van der Waals surface area contributed by atoms with Crippen molar-refractivity contribution in [2.24, 2.45) is 0 Å². The van der Waals surface area contributed by atoms with Crippen molar-refractivity contribution in [1.29, 1.82) is 0 Å². The van der Waals surface area contributed by atoms with Gasteiger partial charge >= 0.3 is 6.01 Å². The van der Waals surface area contributed by atoms with Gasteiger partial charge in [0.2, 0.25) is 0 Å². The van der Waals surface area contributed by atoms with E-state index in [2.05, 4.69) is 16.8 Å². The van der Waals surface area contributed by atoms with Crippen LogP contribution in [0, 0.1) is 0 Å². The summed E-state index contributed by atoms with van der Waals surface area (Å²) in [5, 5.41) is 8.08. The van der Waals surface area contributed by atoms with Gasteiger partial charge < -0.3 is 9.47 Å². The first-order valence-electron chi connectivity index (χ1n) is 5.79. The van der Waals surface area contributed by atoms with E-state index in [1.165, 1.54) is 0 Å². The molecule has 0 fully saturated rings. The molecule has 0 bridgehead atoms. The number of ether oxygens (including phenoxy) is 2. The van der Waals surface area contributed by atoms with E-state index in [1.807, 2.05) is 30.5 Å². The van der Waals surface area contributed by atoms with Gasteiger partial charge in [0.1, 0.15) is 5.75 Å². The van der Waals surface area contributed by atoms with Crippen LogP contribution in [0.3, 0.4) is 0 Å². The highest BCUT2D eigenvalue weighted by molar-refractivity contribution is 5.86. The van der Waals surface area contributed by atoms with Crippen LogP contribution in [0.15, 0.2) is 24.8 Å². The van der Waals surface area contributed by atoms with E-state index < -0.39 is 0 Å². The van der Waals surface area contributed by atoms with Crippen molar-refractivity contribution in [2.75, 3.05) is 14.2 Å². The molecule has 0 aliphatic carbocycles. The highest BCUT2D eigenvalue weighted by atomic mass is 16.5. The maximum Gasteiger partial charge on any atom is 0.321 e. The third-order valence-corrected chi connectivity index (χ3v) is 3.10. The zero-order valence-corrected chi connectivity index (χ0v) is 10.8. The lowest BCUT2D eigenvalue weighted by molar-refractivity contribution is 0.374. The number of fused-ring (bicyclic) bond motifs is 2. The van der Waals surface area contributed by atoms with E-state index >= 15 is 0 Å². The van der Waals surface area contributed by atoms with E-state index in [4.69, 9.17) is 9.47 Å². The van der Waals surface area contributed by atoms with E-state index in [-0.39, 0.29) is 0 Å². The molecule has 0 spiro atoms. The summed E-state index contributed by atoms with van der Waals surface area (Å²) in [6.07, 6.45) is 3.83. The number of nitrogens with zero attached hydrogens (tertiary/aromatic N) is 3. The lowest BCUT2D eigenvalue weighted by Crippen LogP contribution is -1.97. The Morgan fingerprint density at radius 3 is 2.74 bits per heavy atom. The summed E-state index contributed by atoms with van der Waals surface area (Å²) in [5.74, 6) is 1.48. The Labute approximate surface area is 110 Å². The molecule has 0 unspecified atom stereocenters. The van der Waals surface area contributed by atoms with Crippen LogP contribution in [-0.4, -0.2) is 29.0 Å². The van der Waals surface area contributed by atoms with Crippen LogP contribution in [0.4, 0.5) is 0 Å². The molecule has 19 heavy (non-hydrogen) atoms. The van der Waals surface area contributed by atoms with Gasteiger partial charge in [-0.1, -0.05) is 11.7 Å². The molecule has 0 amide bonds. The molecule has 1 aliphatic heterocycles. The topological polar surface area (TPSA) is 49.2 Å². The molecule has 2 heterocycles. The van der Waals surface area contributed by atoms with Crippen LogP contribution < -0.4 is 9.47 Å². The Morgan fingerprint density at radius 2 is 2.00 bits per heavy atom. The van der Waals surface area contributed by atoms with Crippen molar-refractivity contribution < 1.29 is 9.47 Å². The third-order valence-electron chi connectivity index (χ3n) is 3.10. The zero-order chi connectivity index (χ0) is 13.4. The summed E-state index contributed by atoms with van der Waals surface area (Å²) in [7, 11) is 3.21. The van der Waals surface area contributed by atoms with Crippen LogP contribution in [0.2, 0.25) is 0 Å². The summed E-state index contributed by atoms with van der Waals surface area (Å²) in [5.41, 5.74) is 2.83. The van der Waals surface area contributed by atoms with Gasteiger partial charge in [-0.15, -0.1) is 5.10 Å². The van der Waals surface area contributed by atoms with Crippen LogP contribution in [0.5, 0.6) is 11.8 Å². The average molecular weight is 255 g/mol. The number of hydrogen-bond donors (Lipinski definition) is 0. The summed E-state index contributed by atoms with van der Waals surface area (Å²) < 4.78 is 12.2. The zero-order valence-electron chi connectivity index (χ0n) is 10.8. The largest absolute Gasteiger partial charge is 0.497 e. The highest BCUT2D eigenvalue weighted by Crippen LogP contribution is 2.32. The van der Waals surface area contributed by atoms with Gasteiger partial charge in [-0.05, 0) is 35.4 Å². The fourth-order valence-corrected chi connectivity index (χ4v) is 2.11. The molecule has 0 saturated heterocycles. The molecule has 1 aromatic carbocycles. The molecule has 5 heteroatoms. The smallest absolute Gasteiger partial charge is 0.321 e. The van der Waals surface area contributed by atoms with Crippen LogP contribution in [-0.2, 0) is 0 Å². The molecule has 0 atom stereocenters. The number of methoxy groups -OCH3 is 2. The van der Waals surface area contributed by atoms with Gasteiger partial charge in [-0.2, -0.15) is 0 Å². The lowest BCUT2D eigenvalue weighted by atomic mass is 10.0. The van der Waals surface area contributed by atoms with E-state index in [0.29, 0.717) is 11.8 Å². The molecular formula is C14H13N3O2.